The smallest absolute Gasteiger partial charge is 0.397 e. The van der Waals surface area contributed by atoms with E-state index in [9.17, 15) is 33.1 Å². The molecule has 1 aliphatic rings. The van der Waals surface area contributed by atoms with Crippen LogP contribution < -0.4 is 0 Å². The molecule has 61 heavy (non-hydrogen) atoms. The Bertz CT molecular complexity index is 1080. The zero-order chi connectivity index (χ0) is 44.7. The molecule has 1 fully saturated rings. The van der Waals surface area contributed by atoms with Crippen molar-refractivity contribution in [1.82, 2.24) is 0 Å². The van der Waals surface area contributed by atoms with Crippen LogP contribution in [0, 0.1) is 0 Å². The zero-order valence-corrected chi connectivity index (χ0v) is 39.8. The third-order valence-electron chi connectivity index (χ3n) is 12.0. The Morgan fingerprint density at radius 1 is 0.557 bits per heavy atom. The fourth-order valence-electron chi connectivity index (χ4n) is 8.15. The summed E-state index contributed by atoms with van der Waals surface area (Å²) in [6.07, 6.45) is 34.2. The Kier molecular flexibility index (Phi) is 38.7. The minimum absolute atomic E-state index is 0.0451. The molecule has 1 rings (SSSR count). The van der Waals surface area contributed by atoms with Crippen LogP contribution in [0.5, 0.6) is 0 Å². The molecule has 1 aliphatic heterocycles. The first-order chi connectivity index (χ1) is 29.6. The van der Waals surface area contributed by atoms with Crippen molar-refractivity contribution in [2.24, 2.45) is 0 Å². The molecule has 0 aromatic carbocycles. The number of carbonyl (C=O) groups excluding carboxylic acids is 1. The maximum Gasteiger partial charge on any atom is 0.397 e. The van der Waals surface area contributed by atoms with Crippen LogP contribution in [0.3, 0.4) is 0 Å². The molecule has 1 heterocycles. The molecule has 0 aromatic heterocycles. The molecule has 6 unspecified atom stereocenters. The molecular weight excluding hydrogens is 801 g/mol. The summed E-state index contributed by atoms with van der Waals surface area (Å²) >= 11 is 0. The highest BCUT2D eigenvalue weighted by Gasteiger charge is 2.48. The Hall–Kier alpha value is -0.900. The summed E-state index contributed by atoms with van der Waals surface area (Å²) in [5.41, 5.74) is 0. The molecule has 6 atom stereocenters. The van der Waals surface area contributed by atoms with E-state index >= 15 is 0 Å². The van der Waals surface area contributed by atoms with Gasteiger partial charge in [0.2, 0.25) is 0 Å². The molecule has 0 saturated carbocycles. The van der Waals surface area contributed by atoms with Crippen molar-refractivity contribution in [2.75, 3.05) is 26.4 Å². The lowest BCUT2D eigenvalue weighted by atomic mass is 9.99. The number of rotatable bonds is 45. The van der Waals surface area contributed by atoms with Gasteiger partial charge in [0.05, 0.1) is 19.8 Å². The second-order valence-corrected chi connectivity index (χ2v) is 18.8. The summed E-state index contributed by atoms with van der Waals surface area (Å²) in [5, 5.41) is 30.7. The van der Waals surface area contributed by atoms with Gasteiger partial charge < -0.3 is 34.3 Å². The van der Waals surface area contributed by atoms with Gasteiger partial charge in [-0.1, -0.05) is 219 Å². The van der Waals surface area contributed by atoms with Crippen LogP contribution in [0.2, 0.25) is 0 Å². The minimum Gasteiger partial charge on any atom is -0.457 e. The van der Waals surface area contributed by atoms with Crippen LogP contribution >= 0.6 is 0 Å². The second kappa shape index (κ2) is 40.6. The maximum atomic E-state index is 12.9. The summed E-state index contributed by atoms with van der Waals surface area (Å²) in [6, 6.07) is 0. The van der Waals surface area contributed by atoms with E-state index in [-0.39, 0.29) is 19.6 Å². The number of unbranched alkanes of at least 4 members (excludes halogenated alkanes) is 32. The minimum atomic E-state index is -5.06. The molecule has 1 saturated heterocycles. The number of hydrogen-bond acceptors (Lipinski definition) is 11. The Morgan fingerprint density at radius 2 is 0.934 bits per heavy atom. The number of esters is 1. The highest BCUT2D eigenvalue weighted by Crippen LogP contribution is 2.26. The van der Waals surface area contributed by atoms with E-state index in [1.54, 1.807) is 0 Å². The molecule has 0 spiro atoms. The van der Waals surface area contributed by atoms with E-state index in [0.29, 0.717) is 13.0 Å². The van der Waals surface area contributed by atoms with Crippen LogP contribution in [0.1, 0.15) is 239 Å². The van der Waals surface area contributed by atoms with Gasteiger partial charge in [-0.15, -0.1) is 0 Å². The molecule has 0 bridgehead atoms. The highest BCUT2D eigenvalue weighted by atomic mass is 32.3. The van der Waals surface area contributed by atoms with E-state index in [1.165, 1.54) is 173 Å². The van der Waals surface area contributed by atoms with E-state index in [4.69, 9.17) is 18.9 Å². The van der Waals surface area contributed by atoms with E-state index in [2.05, 4.69) is 18.0 Å². The first kappa shape index (κ1) is 58.1. The van der Waals surface area contributed by atoms with Gasteiger partial charge in [-0.05, 0) is 12.8 Å². The first-order valence-corrected chi connectivity index (χ1v) is 26.7. The summed E-state index contributed by atoms with van der Waals surface area (Å²) in [6.45, 7) is 4.05. The van der Waals surface area contributed by atoms with Crippen molar-refractivity contribution >= 4 is 16.4 Å². The zero-order valence-electron chi connectivity index (χ0n) is 39.0. The maximum absolute atomic E-state index is 12.9. The number of aliphatic hydroxyl groups excluding tert-OH is 3. The lowest BCUT2D eigenvalue weighted by Crippen LogP contribution is -2.60. The number of hydrogen-bond donors (Lipinski definition) is 4. The fourth-order valence-corrected chi connectivity index (χ4v) is 8.65. The molecule has 0 aromatic rings. The van der Waals surface area contributed by atoms with Gasteiger partial charge in [-0.25, -0.2) is 4.18 Å². The quantitative estimate of drug-likeness (QED) is 0.0259. The predicted molar refractivity (Wildman–Crippen MR) is 244 cm³/mol. The summed E-state index contributed by atoms with van der Waals surface area (Å²) in [7, 11) is -5.06. The van der Waals surface area contributed by atoms with Gasteiger partial charge in [-0.3, -0.25) is 9.35 Å². The summed E-state index contributed by atoms with van der Waals surface area (Å²) in [5.74, 6) is -0.392. The summed E-state index contributed by atoms with van der Waals surface area (Å²) < 4.78 is 59.2. The molecule has 0 radical (unpaired) electrons. The van der Waals surface area contributed by atoms with Crippen molar-refractivity contribution < 1.29 is 56.2 Å². The Morgan fingerprint density at radius 3 is 1.31 bits per heavy atom. The van der Waals surface area contributed by atoms with Crippen LogP contribution in [0.15, 0.2) is 0 Å². The van der Waals surface area contributed by atoms with Crippen molar-refractivity contribution in [3.8, 4) is 0 Å². The lowest BCUT2D eigenvalue weighted by molar-refractivity contribution is -0.301. The van der Waals surface area contributed by atoms with Crippen LogP contribution in [0.25, 0.3) is 0 Å². The van der Waals surface area contributed by atoms with E-state index in [0.717, 1.165) is 38.5 Å². The normalized spacial score (nSPS) is 20.0. The first-order valence-electron chi connectivity index (χ1n) is 25.3. The molecule has 4 N–H and O–H groups in total. The monoisotopic (exact) mass is 895 g/mol. The van der Waals surface area contributed by atoms with Crippen molar-refractivity contribution in [3.05, 3.63) is 0 Å². The van der Waals surface area contributed by atoms with Gasteiger partial charge in [-0.2, -0.15) is 8.42 Å². The van der Waals surface area contributed by atoms with Gasteiger partial charge >= 0.3 is 16.4 Å². The van der Waals surface area contributed by atoms with E-state index < -0.39 is 59.8 Å². The van der Waals surface area contributed by atoms with Gasteiger partial charge in [0.1, 0.15) is 30.5 Å². The average Bonchev–Trinajstić information content (AvgIpc) is 3.23. The molecule has 0 aliphatic carbocycles. The predicted octanol–water partition coefficient (Wildman–Crippen LogP) is 11.3. The van der Waals surface area contributed by atoms with Gasteiger partial charge in [0.25, 0.3) is 0 Å². The topological polar surface area (TPSA) is 178 Å². The van der Waals surface area contributed by atoms with Crippen LogP contribution in [-0.4, -0.2) is 97.5 Å². The SMILES string of the molecule is CCCCCCCCCCCCCCCCCCCCCCOCC(COC1OC(CO)C(O)C(OS(=O)(=O)O)C1O)OC(=O)CCCCCCCCCCCCCCCC. The van der Waals surface area contributed by atoms with Crippen molar-refractivity contribution in [2.45, 2.75) is 275 Å². The highest BCUT2D eigenvalue weighted by molar-refractivity contribution is 7.80. The van der Waals surface area contributed by atoms with Crippen molar-refractivity contribution in [3.63, 3.8) is 0 Å². The number of aliphatic hydroxyl groups is 3. The third kappa shape index (κ3) is 34.2. The number of ether oxygens (including phenoxy) is 4. The van der Waals surface area contributed by atoms with Crippen molar-refractivity contribution in [1.29, 1.82) is 0 Å². The average molecular weight is 895 g/mol. The lowest BCUT2D eigenvalue weighted by Gasteiger charge is -2.41. The standard InChI is InChI=1S/C48H94O12S/c1-3-5-7-9-11-13-15-17-19-20-21-22-23-24-26-28-30-32-34-36-38-56-40-42(41-57-48-46(52)47(60-61(53,54)55)45(51)43(39-49)59-48)58-44(50)37-35-33-31-29-27-25-18-16-14-12-10-8-6-4-2/h42-43,45-49,51-52H,3-41H2,1-2H3,(H,53,54,55). The second-order valence-electron chi connectivity index (χ2n) is 17.8. The van der Waals surface area contributed by atoms with Crippen LogP contribution in [-0.2, 0) is 38.3 Å². The van der Waals surface area contributed by atoms with Crippen LogP contribution in [0.4, 0.5) is 0 Å². The third-order valence-corrected chi connectivity index (χ3v) is 12.4. The van der Waals surface area contributed by atoms with Gasteiger partial charge in [0, 0.05) is 13.0 Å². The number of carbonyl (C=O) groups is 1. The fraction of sp³-hybridized carbons (Fsp3) is 0.979. The van der Waals surface area contributed by atoms with E-state index in [1.807, 2.05) is 0 Å². The Labute approximate surface area is 373 Å². The van der Waals surface area contributed by atoms with Gasteiger partial charge in [0.15, 0.2) is 6.29 Å². The molecule has 364 valence electrons. The molecule has 0 amide bonds. The largest absolute Gasteiger partial charge is 0.457 e. The Balaban J connectivity index is 2.34. The molecule has 12 nitrogen and oxygen atoms in total. The molecular formula is C48H94O12S. The summed E-state index contributed by atoms with van der Waals surface area (Å²) in [4.78, 5) is 12.9. The molecule has 13 heteroatoms.